The molecule has 9 heteroatoms. The third-order valence-corrected chi connectivity index (χ3v) is 3.64. The molecule has 0 heterocycles. The minimum absolute atomic E-state index is 0.00603. The molecule has 2 aromatic carbocycles. The molecule has 0 aliphatic carbocycles. The van der Waals surface area contributed by atoms with Crippen LogP contribution in [0.2, 0.25) is 0 Å². The highest BCUT2D eigenvalue weighted by atomic mass is 19.1. The van der Waals surface area contributed by atoms with Crippen LogP contribution in [0.5, 0.6) is 5.75 Å². The Morgan fingerprint density at radius 3 is 2.10 bits per heavy atom. The van der Waals surface area contributed by atoms with Gasteiger partial charge in [0, 0.05) is 17.5 Å². The van der Waals surface area contributed by atoms with Crippen LogP contribution in [-0.2, 0) is 14.3 Å². The molecule has 0 atom stereocenters. The van der Waals surface area contributed by atoms with E-state index in [2.05, 4.69) is 10.9 Å². The number of carbonyl (C=O) groups is 4. The standard InChI is InChI=1S/C20H19FN2O6/c1-2-17(24)13-5-9-16(10-6-13)28-12-19(26)29-11-18(25)22-23-20(27)14-3-7-15(21)8-4-14/h3-10H,2,11-12H2,1H3,(H,22,25)(H,23,27). The van der Waals surface area contributed by atoms with E-state index in [-0.39, 0.29) is 11.3 Å². The fourth-order valence-corrected chi connectivity index (χ4v) is 2.11. The predicted octanol–water partition coefficient (Wildman–Crippen LogP) is 1.80. The molecule has 0 aliphatic rings. The maximum absolute atomic E-state index is 12.8. The van der Waals surface area contributed by atoms with Crippen LogP contribution >= 0.6 is 0 Å². The van der Waals surface area contributed by atoms with Gasteiger partial charge in [-0.15, -0.1) is 0 Å². The zero-order chi connectivity index (χ0) is 21.2. The summed E-state index contributed by atoms with van der Waals surface area (Å²) < 4.78 is 22.7. The smallest absolute Gasteiger partial charge is 0.344 e. The van der Waals surface area contributed by atoms with Crippen molar-refractivity contribution in [1.82, 2.24) is 10.9 Å². The number of amides is 2. The molecular weight excluding hydrogens is 383 g/mol. The van der Waals surface area contributed by atoms with Crippen LogP contribution in [0.25, 0.3) is 0 Å². The fourth-order valence-electron chi connectivity index (χ4n) is 2.11. The first-order chi connectivity index (χ1) is 13.9. The van der Waals surface area contributed by atoms with Crippen LogP contribution in [0.15, 0.2) is 48.5 Å². The van der Waals surface area contributed by atoms with E-state index < -0.39 is 36.8 Å². The maximum Gasteiger partial charge on any atom is 0.344 e. The first-order valence-corrected chi connectivity index (χ1v) is 8.65. The molecule has 2 N–H and O–H groups in total. The summed E-state index contributed by atoms with van der Waals surface area (Å²) in [5, 5.41) is 0. The highest BCUT2D eigenvalue weighted by Gasteiger charge is 2.11. The van der Waals surface area contributed by atoms with E-state index in [0.29, 0.717) is 17.7 Å². The van der Waals surface area contributed by atoms with Crippen molar-refractivity contribution >= 4 is 23.6 Å². The Labute approximate surface area is 166 Å². The summed E-state index contributed by atoms with van der Waals surface area (Å²) in [6.07, 6.45) is 0.388. The van der Waals surface area contributed by atoms with Gasteiger partial charge >= 0.3 is 5.97 Å². The molecule has 0 bridgehead atoms. The molecule has 0 unspecified atom stereocenters. The summed E-state index contributed by atoms with van der Waals surface area (Å²) in [4.78, 5) is 46.5. The van der Waals surface area contributed by atoms with E-state index in [1.54, 1.807) is 31.2 Å². The van der Waals surface area contributed by atoms with Gasteiger partial charge in [-0.2, -0.15) is 0 Å². The largest absolute Gasteiger partial charge is 0.482 e. The van der Waals surface area contributed by atoms with Crippen molar-refractivity contribution in [2.75, 3.05) is 13.2 Å². The SMILES string of the molecule is CCC(=O)c1ccc(OCC(=O)OCC(=O)NNC(=O)c2ccc(F)cc2)cc1. The third-order valence-electron chi connectivity index (χ3n) is 3.64. The lowest BCUT2D eigenvalue weighted by Gasteiger charge is -2.09. The molecular formula is C20H19FN2O6. The molecule has 0 saturated heterocycles. The molecule has 0 radical (unpaired) electrons. The average Bonchev–Trinajstić information content (AvgIpc) is 2.74. The summed E-state index contributed by atoms with van der Waals surface area (Å²) in [6, 6.07) is 11.0. The van der Waals surface area contributed by atoms with Crippen molar-refractivity contribution in [2.24, 2.45) is 0 Å². The minimum Gasteiger partial charge on any atom is -0.482 e. The molecule has 8 nitrogen and oxygen atoms in total. The van der Waals surface area contributed by atoms with Gasteiger partial charge < -0.3 is 9.47 Å². The lowest BCUT2D eigenvalue weighted by molar-refractivity contribution is -0.150. The van der Waals surface area contributed by atoms with E-state index in [9.17, 15) is 23.6 Å². The number of rotatable bonds is 8. The van der Waals surface area contributed by atoms with Gasteiger partial charge in [0.15, 0.2) is 19.0 Å². The van der Waals surface area contributed by atoms with Crippen molar-refractivity contribution in [3.8, 4) is 5.75 Å². The van der Waals surface area contributed by atoms with E-state index in [4.69, 9.17) is 9.47 Å². The summed E-state index contributed by atoms with van der Waals surface area (Å²) in [6.45, 7) is 0.694. The second-order valence-corrected chi connectivity index (χ2v) is 5.76. The van der Waals surface area contributed by atoms with Crippen LogP contribution in [0.4, 0.5) is 4.39 Å². The zero-order valence-electron chi connectivity index (χ0n) is 15.6. The monoisotopic (exact) mass is 402 g/mol. The highest BCUT2D eigenvalue weighted by Crippen LogP contribution is 2.13. The Morgan fingerprint density at radius 2 is 1.48 bits per heavy atom. The normalized spacial score (nSPS) is 10.0. The Balaban J connectivity index is 1.67. The minimum atomic E-state index is -0.793. The molecule has 2 amide bonds. The van der Waals surface area contributed by atoms with Gasteiger partial charge in [0.05, 0.1) is 0 Å². The highest BCUT2D eigenvalue weighted by molar-refractivity contribution is 5.96. The zero-order valence-corrected chi connectivity index (χ0v) is 15.6. The number of hydrazine groups is 1. The number of Topliss-reactive ketones (excluding diaryl/α,β-unsaturated/α-hetero) is 1. The van der Waals surface area contributed by atoms with Crippen LogP contribution in [0.1, 0.15) is 34.1 Å². The van der Waals surface area contributed by atoms with Crippen molar-refractivity contribution in [1.29, 1.82) is 0 Å². The Hall–Kier alpha value is -3.75. The number of carbonyl (C=O) groups excluding carboxylic acids is 4. The summed E-state index contributed by atoms with van der Waals surface area (Å²) >= 11 is 0. The first-order valence-electron chi connectivity index (χ1n) is 8.65. The molecule has 0 aromatic heterocycles. The molecule has 29 heavy (non-hydrogen) atoms. The van der Waals surface area contributed by atoms with E-state index >= 15 is 0 Å². The molecule has 0 aliphatic heterocycles. The van der Waals surface area contributed by atoms with Gasteiger partial charge in [0.25, 0.3) is 11.8 Å². The average molecular weight is 402 g/mol. The third kappa shape index (κ3) is 7.06. The fraction of sp³-hybridized carbons (Fsp3) is 0.200. The van der Waals surface area contributed by atoms with E-state index in [0.717, 1.165) is 12.1 Å². The van der Waals surface area contributed by atoms with Gasteiger partial charge in [-0.25, -0.2) is 9.18 Å². The molecule has 152 valence electrons. The molecule has 0 spiro atoms. The van der Waals surface area contributed by atoms with Gasteiger partial charge in [0.2, 0.25) is 0 Å². The Morgan fingerprint density at radius 1 is 0.862 bits per heavy atom. The number of hydrogen-bond donors (Lipinski definition) is 2. The Bertz CT molecular complexity index is 881. The van der Waals surface area contributed by atoms with Gasteiger partial charge in [0.1, 0.15) is 11.6 Å². The van der Waals surface area contributed by atoms with Crippen LogP contribution in [0.3, 0.4) is 0 Å². The number of hydrogen-bond acceptors (Lipinski definition) is 6. The van der Waals surface area contributed by atoms with Gasteiger partial charge in [-0.05, 0) is 48.5 Å². The van der Waals surface area contributed by atoms with Crippen molar-refractivity contribution < 1.29 is 33.0 Å². The van der Waals surface area contributed by atoms with E-state index in [1.807, 2.05) is 0 Å². The van der Waals surface area contributed by atoms with Gasteiger partial charge in [-0.1, -0.05) is 6.92 Å². The molecule has 0 fully saturated rings. The summed E-state index contributed by atoms with van der Waals surface area (Å²) in [5.41, 5.74) is 4.86. The number of benzene rings is 2. The van der Waals surface area contributed by atoms with Crippen LogP contribution < -0.4 is 15.6 Å². The number of ether oxygens (including phenoxy) is 2. The second kappa shape index (κ2) is 10.5. The number of ketones is 1. The molecule has 2 rings (SSSR count). The molecule has 0 saturated carbocycles. The van der Waals surface area contributed by atoms with Crippen LogP contribution in [0, 0.1) is 5.82 Å². The molecule has 2 aromatic rings. The lowest BCUT2D eigenvalue weighted by Crippen LogP contribution is -2.43. The van der Waals surface area contributed by atoms with Crippen molar-refractivity contribution in [2.45, 2.75) is 13.3 Å². The number of nitrogens with one attached hydrogen (secondary N) is 2. The number of halogens is 1. The Kier molecular flexibility index (Phi) is 7.84. The summed E-state index contributed by atoms with van der Waals surface area (Å²) in [5.74, 6) is -2.35. The topological polar surface area (TPSA) is 111 Å². The number of esters is 1. The van der Waals surface area contributed by atoms with Crippen molar-refractivity contribution in [3.63, 3.8) is 0 Å². The predicted molar refractivity (Wildman–Crippen MR) is 99.5 cm³/mol. The van der Waals surface area contributed by atoms with Crippen LogP contribution in [-0.4, -0.2) is 36.8 Å². The van der Waals surface area contributed by atoms with Crippen molar-refractivity contribution in [3.05, 3.63) is 65.5 Å². The first kappa shape index (κ1) is 21.5. The maximum atomic E-state index is 12.8. The second-order valence-electron chi connectivity index (χ2n) is 5.76. The quantitative estimate of drug-likeness (QED) is 0.396. The lowest BCUT2D eigenvalue weighted by atomic mass is 10.1. The van der Waals surface area contributed by atoms with Gasteiger partial charge in [-0.3, -0.25) is 25.2 Å². The van der Waals surface area contributed by atoms with E-state index in [1.165, 1.54) is 12.1 Å². The summed E-state index contributed by atoms with van der Waals surface area (Å²) in [7, 11) is 0.